The first kappa shape index (κ1) is 11.6. The van der Waals surface area contributed by atoms with Crippen molar-refractivity contribution in [3.05, 3.63) is 23.8 Å². The maximum Gasteiger partial charge on any atom is 0.231 e. The van der Waals surface area contributed by atoms with Crippen LogP contribution >= 0.6 is 0 Å². The first-order valence-electron chi connectivity index (χ1n) is 7.11. The Balaban J connectivity index is 1.49. The van der Waals surface area contributed by atoms with Gasteiger partial charge in [0.15, 0.2) is 11.5 Å². The maximum absolute atomic E-state index is 6.10. The molecule has 1 unspecified atom stereocenters. The lowest BCUT2D eigenvalue weighted by molar-refractivity contribution is -0.0326. The molecule has 2 heterocycles. The van der Waals surface area contributed by atoms with E-state index in [0.717, 1.165) is 24.7 Å². The van der Waals surface area contributed by atoms with Crippen LogP contribution in [0.5, 0.6) is 11.5 Å². The summed E-state index contributed by atoms with van der Waals surface area (Å²) in [4.78, 5) is 0. The van der Waals surface area contributed by atoms with Crippen molar-refractivity contribution in [3.8, 4) is 11.5 Å². The van der Waals surface area contributed by atoms with E-state index >= 15 is 0 Å². The second kappa shape index (κ2) is 4.39. The molecule has 1 N–H and O–H groups in total. The second-order valence-electron chi connectivity index (χ2n) is 5.78. The Morgan fingerprint density at radius 1 is 1.11 bits per heavy atom. The lowest BCUT2D eigenvalue weighted by Crippen LogP contribution is -2.53. The summed E-state index contributed by atoms with van der Waals surface area (Å²) in [6, 6.07) is 6.09. The van der Waals surface area contributed by atoms with E-state index in [9.17, 15) is 0 Å². The number of rotatable bonds is 1. The molecular weight excluding hydrogens is 242 g/mol. The van der Waals surface area contributed by atoms with Crippen molar-refractivity contribution in [2.45, 2.75) is 37.3 Å². The van der Waals surface area contributed by atoms with E-state index in [1.807, 2.05) is 12.1 Å². The molecule has 1 saturated heterocycles. The molecule has 1 aromatic rings. The van der Waals surface area contributed by atoms with E-state index in [1.54, 1.807) is 0 Å². The topological polar surface area (TPSA) is 39.7 Å². The summed E-state index contributed by atoms with van der Waals surface area (Å²) in [6.07, 6.45) is 5.28. The summed E-state index contributed by atoms with van der Waals surface area (Å²) in [5.74, 6) is 1.67. The van der Waals surface area contributed by atoms with Gasteiger partial charge in [0, 0.05) is 12.1 Å². The normalized spacial score (nSPS) is 27.9. The predicted molar refractivity (Wildman–Crippen MR) is 70.5 cm³/mol. The van der Waals surface area contributed by atoms with Crippen molar-refractivity contribution in [1.82, 2.24) is 5.32 Å². The molecule has 4 heteroatoms. The monoisotopic (exact) mass is 261 g/mol. The minimum absolute atomic E-state index is 0.126. The highest BCUT2D eigenvalue weighted by atomic mass is 16.7. The molecule has 0 bridgehead atoms. The average Bonchev–Trinajstić information content (AvgIpc) is 3.08. The number of benzene rings is 1. The Kier molecular flexibility index (Phi) is 2.67. The predicted octanol–water partition coefficient (Wildman–Crippen LogP) is 2.39. The molecule has 3 aliphatic rings. The van der Waals surface area contributed by atoms with Gasteiger partial charge >= 0.3 is 0 Å². The van der Waals surface area contributed by atoms with Gasteiger partial charge in [-0.2, -0.15) is 0 Å². The van der Waals surface area contributed by atoms with Gasteiger partial charge in [0.05, 0.1) is 12.7 Å². The van der Waals surface area contributed by atoms with Crippen molar-refractivity contribution in [2.24, 2.45) is 0 Å². The highest BCUT2D eigenvalue weighted by molar-refractivity contribution is 5.45. The van der Waals surface area contributed by atoms with E-state index in [1.165, 1.54) is 31.2 Å². The molecule has 2 aliphatic heterocycles. The molecule has 102 valence electrons. The molecule has 4 rings (SSSR count). The Bertz CT molecular complexity index is 472. The zero-order valence-corrected chi connectivity index (χ0v) is 11.0. The van der Waals surface area contributed by atoms with Crippen LogP contribution in [0.4, 0.5) is 0 Å². The summed E-state index contributed by atoms with van der Waals surface area (Å²) >= 11 is 0. The smallest absolute Gasteiger partial charge is 0.231 e. The third-order valence-corrected chi connectivity index (χ3v) is 4.55. The van der Waals surface area contributed by atoms with E-state index < -0.39 is 0 Å². The van der Waals surface area contributed by atoms with Crippen molar-refractivity contribution >= 4 is 0 Å². The number of morpholine rings is 1. The van der Waals surface area contributed by atoms with Crippen molar-refractivity contribution in [2.75, 3.05) is 19.9 Å². The second-order valence-corrected chi connectivity index (χ2v) is 5.78. The van der Waals surface area contributed by atoms with Crippen LogP contribution in [0, 0.1) is 0 Å². The van der Waals surface area contributed by atoms with Gasteiger partial charge in [-0.1, -0.05) is 18.9 Å². The van der Waals surface area contributed by atoms with Crippen LogP contribution in [0.1, 0.15) is 37.4 Å². The highest BCUT2D eigenvalue weighted by Crippen LogP contribution is 2.38. The van der Waals surface area contributed by atoms with E-state index in [0.29, 0.717) is 6.79 Å². The summed E-state index contributed by atoms with van der Waals surface area (Å²) in [7, 11) is 0. The first-order chi connectivity index (χ1) is 9.35. The SMILES string of the molecule is c1cc2c(cc1C1CNC3(CCCC3)CO1)OCO2. The third kappa shape index (κ3) is 1.99. The molecule has 0 amide bonds. The molecule has 1 aliphatic carbocycles. The fourth-order valence-electron chi connectivity index (χ4n) is 3.38. The Morgan fingerprint density at radius 2 is 1.95 bits per heavy atom. The third-order valence-electron chi connectivity index (χ3n) is 4.55. The molecule has 1 saturated carbocycles. The molecule has 0 aromatic heterocycles. The molecule has 1 aromatic carbocycles. The molecule has 2 fully saturated rings. The van der Waals surface area contributed by atoms with Gasteiger partial charge in [-0.3, -0.25) is 0 Å². The molecule has 19 heavy (non-hydrogen) atoms. The minimum Gasteiger partial charge on any atom is -0.454 e. The lowest BCUT2D eigenvalue weighted by atomic mass is 9.95. The van der Waals surface area contributed by atoms with Crippen LogP contribution in [0.2, 0.25) is 0 Å². The quantitative estimate of drug-likeness (QED) is 0.842. The van der Waals surface area contributed by atoms with Crippen molar-refractivity contribution < 1.29 is 14.2 Å². The highest BCUT2D eigenvalue weighted by Gasteiger charge is 2.38. The summed E-state index contributed by atoms with van der Waals surface area (Å²) in [5.41, 5.74) is 1.43. The minimum atomic E-state index is 0.126. The van der Waals surface area contributed by atoms with Gasteiger partial charge in [0.2, 0.25) is 6.79 Å². The van der Waals surface area contributed by atoms with Crippen molar-refractivity contribution in [3.63, 3.8) is 0 Å². The summed E-state index contributed by atoms with van der Waals surface area (Å²) < 4.78 is 16.9. The van der Waals surface area contributed by atoms with Gasteiger partial charge in [0.1, 0.15) is 0 Å². The maximum atomic E-state index is 6.10. The Morgan fingerprint density at radius 3 is 2.74 bits per heavy atom. The zero-order chi connectivity index (χ0) is 12.7. The van der Waals surface area contributed by atoms with Crippen LogP contribution in [-0.4, -0.2) is 25.5 Å². The number of hydrogen-bond donors (Lipinski definition) is 1. The number of ether oxygens (including phenoxy) is 3. The molecule has 1 spiro atoms. The largest absolute Gasteiger partial charge is 0.454 e. The van der Waals surface area contributed by atoms with Crippen LogP contribution in [-0.2, 0) is 4.74 Å². The van der Waals surface area contributed by atoms with Crippen LogP contribution in [0.25, 0.3) is 0 Å². The van der Waals surface area contributed by atoms with Gasteiger partial charge in [-0.25, -0.2) is 0 Å². The average molecular weight is 261 g/mol. The lowest BCUT2D eigenvalue weighted by Gasteiger charge is -2.38. The fraction of sp³-hybridized carbons (Fsp3) is 0.600. The number of hydrogen-bond acceptors (Lipinski definition) is 4. The van der Waals surface area contributed by atoms with E-state index in [4.69, 9.17) is 14.2 Å². The van der Waals surface area contributed by atoms with Crippen molar-refractivity contribution in [1.29, 1.82) is 0 Å². The van der Waals surface area contributed by atoms with Crippen LogP contribution < -0.4 is 14.8 Å². The Labute approximate surface area is 113 Å². The molecular formula is C15H19NO3. The van der Waals surface area contributed by atoms with Gasteiger partial charge in [-0.15, -0.1) is 0 Å². The van der Waals surface area contributed by atoms with Gasteiger partial charge in [0.25, 0.3) is 0 Å². The number of nitrogens with one attached hydrogen (secondary N) is 1. The standard InChI is InChI=1S/C15H19NO3/c1-2-6-15(5-1)9-17-14(8-16-15)11-3-4-12-13(7-11)19-10-18-12/h3-4,7,14,16H,1-2,5-6,8-10H2. The Hall–Kier alpha value is -1.26. The van der Waals surface area contributed by atoms with E-state index in [-0.39, 0.29) is 11.6 Å². The van der Waals surface area contributed by atoms with Gasteiger partial charge < -0.3 is 19.5 Å². The van der Waals surface area contributed by atoms with E-state index in [2.05, 4.69) is 11.4 Å². The zero-order valence-electron chi connectivity index (χ0n) is 11.0. The molecule has 0 radical (unpaired) electrons. The van der Waals surface area contributed by atoms with Gasteiger partial charge in [-0.05, 0) is 30.5 Å². The number of fused-ring (bicyclic) bond motifs is 1. The summed E-state index contributed by atoms with van der Waals surface area (Å²) in [5, 5.41) is 3.71. The molecule has 4 nitrogen and oxygen atoms in total. The molecule has 1 atom stereocenters. The summed E-state index contributed by atoms with van der Waals surface area (Å²) in [6.45, 7) is 2.04. The van der Waals surface area contributed by atoms with Crippen LogP contribution in [0.15, 0.2) is 18.2 Å². The first-order valence-corrected chi connectivity index (χ1v) is 7.11. The fourth-order valence-corrected chi connectivity index (χ4v) is 3.38. The van der Waals surface area contributed by atoms with Crippen LogP contribution in [0.3, 0.4) is 0 Å².